The summed E-state index contributed by atoms with van der Waals surface area (Å²) in [5.74, 6) is 0.425. The van der Waals surface area contributed by atoms with E-state index >= 15 is 0 Å². The molecule has 1 aromatic heterocycles. The Hall–Kier alpha value is -1.67. The zero-order valence-corrected chi connectivity index (χ0v) is 16.0. The van der Waals surface area contributed by atoms with E-state index in [2.05, 4.69) is 24.0 Å². The highest BCUT2D eigenvalue weighted by Crippen LogP contribution is 2.11. The van der Waals surface area contributed by atoms with Gasteiger partial charge in [-0.05, 0) is 13.3 Å². The zero-order valence-electron chi connectivity index (χ0n) is 15.2. The molecule has 1 heterocycles. The molecule has 25 heavy (non-hydrogen) atoms. The van der Waals surface area contributed by atoms with E-state index < -0.39 is 15.9 Å². The minimum atomic E-state index is -3.50. The first-order valence-corrected chi connectivity index (χ1v) is 10.3. The van der Waals surface area contributed by atoms with Crippen molar-refractivity contribution in [3.05, 3.63) is 24.5 Å². The maximum Gasteiger partial charge on any atom is 0.240 e. The van der Waals surface area contributed by atoms with Crippen LogP contribution in [0.25, 0.3) is 0 Å². The Kier molecular flexibility index (Phi) is 9.44. The summed E-state index contributed by atoms with van der Waals surface area (Å²) >= 11 is 0. The van der Waals surface area contributed by atoms with Gasteiger partial charge in [0.2, 0.25) is 15.9 Å². The lowest BCUT2D eigenvalue weighted by Crippen LogP contribution is -2.39. The Bertz CT molecular complexity index is 640. The number of anilines is 1. The molecule has 0 atom stereocenters. The number of unbranched alkanes of at least 4 members (excludes halogenated alkanes) is 5. The van der Waals surface area contributed by atoms with Gasteiger partial charge in [0.05, 0.1) is 12.3 Å². The van der Waals surface area contributed by atoms with Crippen molar-refractivity contribution in [1.29, 1.82) is 0 Å². The molecule has 8 heteroatoms. The van der Waals surface area contributed by atoms with Crippen LogP contribution in [0.5, 0.6) is 0 Å². The third-order valence-electron chi connectivity index (χ3n) is 3.70. The summed E-state index contributed by atoms with van der Waals surface area (Å²) in [7, 11) is -3.50. The first-order valence-electron chi connectivity index (χ1n) is 8.71. The third-order valence-corrected chi connectivity index (χ3v) is 5.57. The maximum absolute atomic E-state index is 12.5. The van der Waals surface area contributed by atoms with Gasteiger partial charge in [0.15, 0.2) is 5.82 Å². The molecule has 0 unspecified atom stereocenters. The Morgan fingerprint density at radius 2 is 2.00 bits per heavy atom. The van der Waals surface area contributed by atoms with Gasteiger partial charge < -0.3 is 9.84 Å². The van der Waals surface area contributed by atoms with Crippen LogP contribution in [0.2, 0.25) is 0 Å². The van der Waals surface area contributed by atoms with Crippen LogP contribution in [-0.2, 0) is 14.8 Å². The number of carbonyl (C=O) groups is 1. The average Bonchev–Trinajstić information content (AvgIpc) is 2.95. The minimum Gasteiger partial charge on any atom is -0.360 e. The number of aryl methyl sites for hydroxylation is 1. The number of amides is 1. The van der Waals surface area contributed by atoms with Crippen molar-refractivity contribution < 1.29 is 17.7 Å². The molecule has 0 saturated carbocycles. The molecule has 1 amide bonds. The van der Waals surface area contributed by atoms with Gasteiger partial charge in [0.1, 0.15) is 5.76 Å². The standard InChI is InChI=1S/C17H29N3O4S/c1-4-6-7-8-9-10-12-25(22,23)20(11-5-2)14-17(21)18-16-13-15(3)24-19-16/h5,13H,2,4,6-12,14H2,1,3H3,(H,18,19,21). The van der Waals surface area contributed by atoms with Gasteiger partial charge in [0.25, 0.3) is 0 Å². The molecule has 0 aliphatic rings. The fourth-order valence-electron chi connectivity index (χ4n) is 2.38. The van der Waals surface area contributed by atoms with E-state index in [9.17, 15) is 13.2 Å². The van der Waals surface area contributed by atoms with E-state index in [1.165, 1.54) is 12.5 Å². The molecule has 0 aliphatic heterocycles. The van der Waals surface area contributed by atoms with Gasteiger partial charge in [-0.3, -0.25) is 4.79 Å². The lowest BCUT2D eigenvalue weighted by Gasteiger charge is -2.20. The van der Waals surface area contributed by atoms with Crippen molar-refractivity contribution >= 4 is 21.7 Å². The lowest BCUT2D eigenvalue weighted by atomic mass is 10.1. The molecule has 1 rings (SSSR count). The van der Waals surface area contributed by atoms with Crippen LogP contribution < -0.4 is 5.32 Å². The van der Waals surface area contributed by atoms with Crippen LogP contribution >= 0.6 is 0 Å². The SMILES string of the molecule is C=CCN(CC(=O)Nc1cc(C)on1)S(=O)(=O)CCCCCCCC. The molecule has 0 radical (unpaired) electrons. The molecule has 1 aromatic rings. The van der Waals surface area contributed by atoms with Gasteiger partial charge >= 0.3 is 0 Å². The molecule has 0 aliphatic carbocycles. The molecule has 142 valence electrons. The third kappa shape index (κ3) is 8.31. The highest BCUT2D eigenvalue weighted by atomic mass is 32.2. The molecule has 0 bridgehead atoms. The quantitative estimate of drug-likeness (QED) is 0.425. The molecule has 1 N–H and O–H groups in total. The fourth-order valence-corrected chi connectivity index (χ4v) is 3.86. The average molecular weight is 372 g/mol. The van der Waals surface area contributed by atoms with Crippen molar-refractivity contribution in [1.82, 2.24) is 9.46 Å². The van der Waals surface area contributed by atoms with Crippen LogP contribution in [0.15, 0.2) is 23.2 Å². The van der Waals surface area contributed by atoms with Crippen LogP contribution in [-0.4, -0.2) is 42.6 Å². The molecule has 0 spiro atoms. The van der Waals surface area contributed by atoms with Gasteiger partial charge in [0, 0.05) is 12.6 Å². The summed E-state index contributed by atoms with van der Waals surface area (Å²) < 4.78 is 30.9. The van der Waals surface area contributed by atoms with E-state index in [0.29, 0.717) is 12.2 Å². The minimum absolute atomic E-state index is 0.0450. The number of hydrogen-bond donors (Lipinski definition) is 1. The molecule has 0 fully saturated rings. The summed E-state index contributed by atoms with van der Waals surface area (Å²) in [6, 6.07) is 1.57. The second-order valence-electron chi connectivity index (χ2n) is 6.04. The van der Waals surface area contributed by atoms with Crippen LogP contribution in [0.1, 0.15) is 51.2 Å². The fraction of sp³-hybridized carbons (Fsp3) is 0.647. The lowest BCUT2D eigenvalue weighted by molar-refractivity contribution is -0.116. The molecule has 0 saturated heterocycles. The van der Waals surface area contributed by atoms with E-state index in [1.807, 2.05) is 0 Å². The zero-order chi connectivity index (χ0) is 18.7. The summed E-state index contributed by atoms with van der Waals surface area (Å²) in [5, 5.41) is 6.19. The van der Waals surface area contributed by atoms with Gasteiger partial charge in [-0.1, -0.05) is 50.3 Å². The summed E-state index contributed by atoms with van der Waals surface area (Å²) in [4.78, 5) is 12.1. The monoisotopic (exact) mass is 371 g/mol. The number of carbonyl (C=O) groups excluding carboxylic acids is 1. The number of nitrogens with one attached hydrogen (secondary N) is 1. The Morgan fingerprint density at radius 3 is 2.60 bits per heavy atom. The van der Waals surface area contributed by atoms with Crippen molar-refractivity contribution in [3.63, 3.8) is 0 Å². The predicted octanol–water partition coefficient (Wildman–Crippen LogP) is 3.10. The van der Waals surface area contributed by atoms with Crippen LogP contribution in [0.4, 0.5) is 5.82 Å². The topological polar surface area (TPSA) is 92.5 Å². The smallest absolute Gasteiger partial charge is 0.240 e. The Balaban J connectivity index is 2.51. The predicted molar refractivity (Wildman–Crippen MR) is 98.8 cm³/mol. The van der Waals surface area contributed by atoms with E-state index in [-0.39, 0.29) is 24.7 Å². The van der Waals surface area contributed by atoms with Crippen molar-refractivity contribution in [2.24, 2.45) is 0 Å². The first-order chi connectivity index (χ1) is 11.9. The van der Waals surface area contributed by atoms with Gasteiger partial charge in [-0.2, -0.15) is 4.31 Å². The number of nitrogens with zero attached hydrogens (tertiary/aromatic N) is 2. The Morgan fingerprint density at radius 1 is 1.32 bits per heavy atom. The first kappa shape index (κ1) is 21.4. The second kappa shape index (κ2) is 11.0. The number of sulfonamides is 1. The number of hydrogen-bond acceptors (Lipinski definition) is 5. The van der Waals surface area contributed by atoms with E-state index in [0.717, 1.165) is 30.0 Å². The maximum atomic E-state index is 12.5. The van der Waals surface area contributed by atoms with Gasteiger partial charge in [-0.25, -0.2) is 8.42 Å². The summed E-state index contributed by atoms with van der Waals surface area (Å²) in [5.41, 5.74) is 0. The number of rotatable bonds is 13. The van der Waals surface area contributed by atoms with Crippen molar-refractivity contribution in [2.75, 3.05) is 24.2 Å². The Labute approximate surface area is 150 Å². The molecular weight excluding hydrogens is 342 g/mol. The molecular formula is C17H29N3O4S. The van der Waals surface area contributed by atoms with E-state index in [4.69, 9.17) is 4.52 Å². The second-order valence-corrected chi connectivity index (χ2v) is 8.12. The number of aromatic nitrogens is 1. The van der Waals surface area contributed by atoms with Crippen LogP contribution in [0.3, 0.4) is 0 Å². The highest BCUT2D eigenvalue weighted by molar-refractivity contribution is 7.89. The molecule has 0 aromatic carbocycles. The summed E-state index contributed by atoms with van der Waals surface area (Å²) in [6.07, 6.45) is 7.47. The van der Waals surface area contributed by atoms with E-state index in [1.54, 1.807) is 13.0 Å². The largest absolute Gasteiger partial charge is 0.360 e. The van der Waals surface area contributed by atoms with Crippen molar-refractivity contribution in [2.45, 2.75) is 52.4 Å². The highest BCUT2D eigenvalue weighted by Gasteiger charge is 2.23. The van der Waals surface area contributed by atoms with Crippen LogP contribution in [0, 0.1) is 6.92 Å². The normalized spacial score (nSPS) is 11.6. The van der Waals surface area contributed by atoms with Gasteiger partial charge in [-0.15, -0.1) is 6.58 Å². The summed E-state index contributed by atoms with van der Waals surface area (Å²) in [6.45, 7) is 7.25. The van der Waals surface area contributed by atoms with Crippen molar-refractivity contribution in [3.8, 4) is 0 Å². The molecule has 7 nitrogen and oxygen atoms in total.